The number of fused-ring (bicyclic) bond motifs is 9. The zero-order valence-corrected chi connectivity index (χ0v) is 21.2. The number of hydrogen-bond acceptors (Lipinski definition) is 2. The van der Waals surface area contributed by atoms with E-state index >= 15 is 0 Å². The maximum absolute atomic E-state index is 5.09. The topological polar surface area (TPSA) is 41.0 Å². The summed E-state index contributed by atoms with van der Waals surface area (Å²) < 4.78 is 0. The first-order valence-electron chi connectivity index (χ1n) is 13.0. The highest BCUT2D eigenvalue weighted by Gasteiger charge is 2.23. The zero-order valence-electron chi connectivity index (χ0n) is 21.2. The van der Waals surface area contributed by atoms with Gasteiger partial charge in [-0.1, -0.05) is 82.3 Å². The molecule has 1 aromatic heterocycles. The van der Waals surface area contributed by atoms with Crippen LogP contribution in [0.3, 0.4) is 0 Å². The SMILES string of the molecule is CC(C)C1=Nc2c(c3ccc(-c4ccc5c(ccc6[nH]c(C(C)C)nc65)c4)cc3c3ccccc23)C1. The summed E-state index contributed by atoms with van der Waals surface area (Å²) in [6.45, 7) is 8.83. The Hall–Kier alpha value is -3.98. The summed E-state index contributed by atoms with van der Waals surface area (Å²) in [6, 6.07) is 26.8. The molecule has 0 spiro atoms. The normalized spacial score (nSPS) is 13.6. The van der Waals surface area contributed by atoms with Crippen LogP contribution in [0, 0.1) is 5.92 Å². The van der Waals surface area contributed by atoms with Crippen molar-refractivity contribution in [3.63, 3.8) is 0 Å². The van der Waals surface area contributed by atoms with Crippen molar-refractivity contribution < 1.29 is 0 Å². The van der Waals surface area contributed by atoms with Crippen LogP contribution in [0.4, 0.5) is 5.69 Å². The van der Waals surface area contributed by atoms with Crippen molar-refractivity contribution in [2.75, 3.05) is 0 Å². The zero-order chi connectivity index (χ0) is 24.6. The van der Waals surface area contributed by atoms with Gasteiger partial charge in [0.05, 0.1) is 16.7 Å². The molecule has 0 bridgehead atoms. The number of nitrogens with zero attached hydrogens (tertiary/aromatic N) is 2. The van der Waals surface area contributed by atoms with Gasteiger partial charge in [0.15, 0.2) is 0 Å². The average molecular weight is 468 g/mol. The fourth-order valence-electron chi connectivity index (χ4n) is 5.70. The Kier molecular flexibility index (Phi) is 4.59. The summed E-state index contributed by atoms with van der Waals surface area (Å²) in [5, 5.41) is 7.59. The number of imidazole rings is 1. The highest BCUT2D eigenvalue weighted by atomic mass is 14.9. The van der Waals surface area contributed by atoms with Crippen molar-refractivity contribution in [3.8, 4) is 11.1 Å². The van der Waals surface area contributed by atoms with Gasteiger partial charge >= 0.3 is 0 Å². The smallest absolute Gasteiger partial charge is 0.109 e. The third-order valence-electron chi connectivity index (χ3n) is 7.75. The Morgan fingerprint density at radius 1 is 0.694 bits per heavy atom. The van der Waals surface area contributed by atoms with Crippen LogP contribution in [0.5, 0.6) is 0 Å². The molecule has 0 amide bonds. The van der Waals surface area contributed by atoms with Crippen molar-refractivity contribution in [1.82, 2.24) is 9.97 Å². The fourth-order valence-corrected chi connectivity index (χ4v) is 5.70. The maximum Gasteiger partial charge on any atom is 0.109 e. The highest BCUT2D eigenvalue weighted by Crippen LogP contribution is 2.43. The molecule has 6 aromatic rings. The number of aromatic amines is 1. The predicted octanol–water partition coefficient (Wildman–Crippen LogP) is 9.10. The molecule has 1 N–H and O–H groups in total. The quantitative estimate of drug-likeness (QED) is 0.259. The first-order chi connectivity index (χ1) is 17.5. The Morgan fingerprint density at radius 3 is 2.22 bits per heavy atom. The molecule has 3 nitrogen and oxygen atoms in total. The highest BCUT2D eigenvalue weighted by molar-refractivity contribution is 6.19. The van der Waals surface area contributed by atoms with Gasteiger partial charge in [0, 0.05) is 28.8 Å². The predicted molar refractivity (Wildman–Crippen MR) is 154 cm³/mol. The number of rotatable bonds is 3. The van der Waals surface area contributed by atoms with Gasteiger partial charge in [-0.2, -0.15) is 0 Å². The van der Waals surface area contributed by atoms with E-state index in [2.05, 4.69) is 105 Å². The number of aromatic nitrogens is 2. The molecular formula is C33H29N3. The van der Waals surface area contributed by atoms with Crippen LogP contribution in [0.2, 0.25) is 0 Å². The van der Waals surface area contributed by atoms with Gasteiger partial charge in [-0.3, -0.25) is 4.99 Å². The largest absolute Gasteiger partial charge is 0.342 e. The van der Waals surface area contributed by atoms with Crippen LogP contribution in [0.15, 0.2) is 77.8 Å². The van der Waals surface area contributed by atoms with Crippen molar-refractivity contribution in [1.29, 1.82) is 0 Å². The summed E-state index contributed by atoms with van der Waals surface area (Å²) in [6.07, 6.45) is 0.946. The second kappa shape index (κ2) is 7.76. The van der Waals surface area contributed by atoms with Gasteiger partial charge in [-0.15, -0.1) is 0 Å². The van der Waals surface area contributed by atoms with Crippen LogP contribution in [-0.4, -0.2) is 15.7 Å². The van der Waals surface area contributed by atoms with Gasteiger partial charge in [-0.05, 0) is 62.4 Å². The lowest BCUT2D eigenvalue weighted by molar-refractivity contribution is 0.799. The molecule has 0 aliphatic carbocycles. The molecule has 0 atom stereocenters. The van der Waals surface area contributed by atoms with Gasteiger partial charge in [0.2, 0.25) is 0 Å². The van der Waals surface area contributed by atoms with Crippen LogP contribution < -0.4 is 0 Å². The minimum absolute atomic E-state index is 0.377. The standard InChI is InChI=1S/C33H29N3/c1-18(2)30-17-28-25-13-10-21(16-27(25)24-7-5-6-8-26(24)31(28)34-30)20-9-12-23-22(15-20)11-14-29-32(23)36-33(35-29)19(3)4/h5-16,18-19H,17H2,1-4H3,(H,35,36). The Bertz CT molecular complexity index is 1870. The molecule has 1 aliphatic heterocycles. The summed E-state index contributed by atoms with van der Waals surface area (Å²) in [5.41, 5.74) is 8.46. The first kappa shape index (κ1) is 21.3. The lowest BCUT2D eigenvalue weighted by atomic mass is 9.90. The van der Waals surface area contributed by atoms with E-state index in [0.717, 1.165) is 23.3 Å². The van der Waals surface area contributed by atoms with Crippen LogP contribution in [0.25, 0.3) is 54.5 Å². The Balaban J connectivity index is 1.41. The molecule has 0 fully saturated rings. The van der Waals surface area contributed by atoms with E-state index in [1.165, 1.54) is 60.4 Å². The minimum atomic E-state index is 0.377. The van der Waals surface area contributed by atoms with E-state index in [-0.39, 0.29) is 0 Å². The number of benzene rings is 5. The lowest BCUT2D eigenvalue weighted by Crippen LogP contribution is -2.06. The molecule has 36 heavy (non-hydrogen) atoms. The van der Waals surface area contributed by atoms with E-state index in [1.54, 1.807) is 0 Å². The van der Waals surface area contributed by atoms with Gasteiger partial charge in [0.1, 0.15) is 5.82 Å². The number of H-pyrrole nitrogens is 1. The van der Waals surface area contributed by atoms with E-state index in [9.17, 15) is 0 Å². The van der Waals surface area contributed by atoms with Gasteiger partial charge in [-0.25, -0.2) is 4.98 Å². The summed E-state index contributed by atoms with van der Waals surface area (Å²) in [5.74, 6) is 1.88. The molecule has 0 saturated heterocycles. The molecule has 0 radical (unpaired) electrons. The van der Waals surface area contributed by atoms with Gasteiger partial charge in [0.25, 0.3) is 0 Å². The monoisotopic (exact) mass is 467 g/mol. The molecule has 1 aliphatic rings. The Morgan fingerprint density at radius 2 is 1.44 bits per heavy atom. The van der Waals surface area contributed by atoms with E-state index in [4.69, 9.17) is 9.98 Å². The second-order valence-electron chi connectivity index (χ2n) is 10.7. The van der Waals surface area contributed by atoms with Crippen LogP contribution >= 0.6 is 0 Å². The molecule has 176 valence electrons. The summed E-state index contributed by atoms with van der Waals surface area (Å²) in [7, 11) is 0. The van der Waals surface area contributed by atoms with E-state index < -0.39 is 0 Å². The fraction of sp³-hybridized carbons (Fsp3) is 0.212. The van der Waals surface area contributed by atoms with Crippen molar-refractivity contribution in [2.24, 2.45) is 10.9 Å². The summed E-state index contributed by atoms with van der Waals surface area (Å²) >= 11 is 0. The Labute approximate surface area is 210 Å². The molecule has 0 unspecified atom stereocenters. The average Bonchev–Trinajstić information content (AvgIpc) is 3.54. The molecule has 7 rings (SSSR count). The summed E-state index contributed by atoms with van der Waals surface area (Å²) in [4.78, 5) is 13.5. The lowest BCUT2D eigenvalue weighted by Gasteiger charge is -2.13. The molecule has 5 aromatic carbocycles. The third kappa shape index (κ3) is 3.12. The van der Waals surface area contributed by atoms with Crippen molar-refractivity contribution in [2.45, 2.75) is 40.0 Å². The number of hydrogen-bond donors (Lipinski definition) is 1. The second-order valence-corrected chi connectivity index (χ2v) is 10.7. The molecule has 2 heterocycles. The van der Waals surface area contributed by atoms with E-state index in [0.29, 0.717) is 11.8 Å². The van der Waals surface area contributed by atoms with Crippen LogP contribution in [0.1, 0.15) is 45.0 Å². The number of nitrogens with one attached hydrogen (secondary N) is 1. The van der Waals surface area contributed by atoms with Crippen molar-refractivity contribution in [3.05, 3.63) is 84.2 Å². The number of aliphatic imine (C=N–C) groups is 1. The third-order valence-corrected chi connectivity index (χ3v) is 7.75. The molecule has 3 heteroatoms. The first-order valence-corrected chi connectivity index (χ1v) is 13.0. The minimum Gasteiger partial charge on any atom is -0.342 e. The molecular weight excluding hydrogens is 438 g/mol. The van der Waals surface area contributed by atoms with E-state index in [1.807, 2.05) is 0 Å². The van der Waals surface area contributed by atoms with Crippen molar-refractivity contribution >= 4 is 54.7 Å². The van der Waals surface area contributed by atoms with Gasteiger partial charge < -0.3 is 4.98 Å². The maximum atomic E-state index is 5.09. The molecule has 0 saturated carbocycles. The van der Waals surface area contributed by atoms with Crippen LogP contribution in [-0.2, 0) is 6.42 Å².